The molecule has 5 aliphatic carbocycles. The van der Waals surface area contributed by atoms with E-state index < -0.39 is 114 Å². The zero-order valence-electron chi connectivity index (χ0n) is 34.3. The smallest absolute Gasteiger partial charge is 0.335 e. The lowest BCUT2D eigenvalue weighted by molar-refractivity contribution is -0.373. The van der Waals surface area contributed by atoms with E-state index in [2.05, 4.69) is 40.7 Å². The second kappa shape index (κ2) is 14.8. The minimum Gasteiger partial charge on any atom is -0.481 e. The maximum atomic E-state index is 13.5. The first-order chi connectivity index (χ1) is 27.0. The summed E-state index contributed by atoms with van der Waals surface area (Å²) in [4.78, 5) is 38.8. The molecule has 0 radical (unpaired) electrons. The van der Waals surface area contributed by atoms with Crippen molar-refractivity contribution >= 4 is 18.2 Å². The fraction of sp³-hybridized carbons (Fsp3) is 0.881. The van der Waals surface area contributed by atoms with Crippen LogP contribution in [0.2, 0.25) is 0 Å². The first-order valence-electron chi connectivity index (χ1n) is 20.9. The fourth-order valence-electron chi connectivity index (χ4n) is 13.6. The van der Waals surface area contributed by atoms with Gasteiger partial charge in [-0.25, -0.2) is 4.79 Å². The van der Waals surface area contributed by atoms with E-state index in [0.717, 1.165) is 11.9 Å². The third kappa shape index (κ3) is 6.21. The minimum absolute atomic E-state index is 0.0374. The summed E-state index contributed by atoms with van der Waals surface area (Å²) < 4.78 is 23.6. The number of aliphatic carboxylic acids is 2. The number of carboxylic acids is 2. The number of allylic oxidation sites excluding steroid dienone is 2. The number of carbonyl (C=O) groups is 3. The van der Waals surface area contributed by atoms with Crippen molar-refractivity contribution in [3.05, 3.63) is 11.6 Å². The highest BCUT2D eigenvalue weighted by Crippen LogP contribution is 2.76. The highest BCUT2D eigenvalue weighted by Gasteiger charge is 2.72. The van der Waals surface area contributed by atoms with Crippen molar-refractivity contribution in [3.63, 3.8) is 0 Å². The van der Waals surface area contributed by atoms with E-state index in [1.807, 2.05) is 0 Å². The summed E-state index contributed by atoms with van der Waals surface area (Å²) in [6, 6.07) is 0. The number of fused-ring (bicyclic) bond motifs is 7. The molecule has 7 rings (SSSR count). The van der Waals surface area contributed by atoms with Crippen molar-refractivity contribution in [1.29, 1.82) is 0 Å². The summed E-state index contributed by atoms with van der Waals surface area (Å²) in [6.07, 6.45) is -11.9. The van der Waals surface area contributed by atoms with E-state index in [-0.39, 0.29) is 28.6 Å². The molecule has 4 saturated carbocycles. The van der Waals surface area contributed by atoms with Crippen LogP contribution in [0.5, 0.6) is 0 Å². The van der Waals surface area contributed by atoms with Gasteiger partial charge in [-0.2, -0.15) is 0 Å². The highest BCUT2D eigenvalue weighted by molar-refractivity contribution is 5.77. The topological polar surface area (TPSA) is 270 Å². The molecule has 2 saturated heterocycles. The summed E-state index contributed by atoms with van der Waals surface area (Å²) in [6.45, 7) is 12.1. The lowest BCUT2D eigenvalue weighted by atomic mass is 9.33. The van der Waals surface area contributed by atoms with Crippen LogP contribution in [-0.2, 0) is 33.3 Å². The molecule has 2 aliphatic heterocycles. The van der Waals surface area contributed by atoms with Crippen molar-refractivity contribution in [3.8, 4) is 0 Å². The van der Waals surface area contributed by atoms with Gasteiger partial charge in [-0.3, -0.25) is 4.79 Å². The molecule has 16 nitrogen and oxygen atoms in total. The number of ether oxygens (including phenoxy) is 4. The summed E-state index contributed by atoms with van der Waals surface area (Å²) in [7, 11) is 0. The molecule has 2 heterocycles. The third-order valence-corrected chi connectivity index (χ3v) is 17.2. The second-order valence-corrected chi connectivity index (χ2v) is 20.5. The number of hydrogen-bond acceptors (Lipinski definition) is 14. The van der Waals surface area contributed by atoms with E-state index in [9.17, 15) is 60.3 Å². The van der Waals surface area contributed by atoms with Gasteiger partial charge >= 0.3 is 11.9 Å². The van der Waals surface area contributed by atoms with Gasteiger partial charge < -0.3 is 69.7 Å². The van der Waals surface area contributed by atoms with Gasteiger partial charge in [0.25, 0.3) is 0 Å². The Hall–Kier alpha value is -2.09. The second-order valence-electron chi connectivity index (χ2n) is 20.5. The largest absolute Gasteiger partial charge is 0.481 e. The van der Waals surface area contributed by atoms with Crippen molar-refractivity contribution in [2.75, 3.05) is 6.61 Å². The molecule has 0 spiro atoms. The van der Waals surface area contributed by atoms with Gasteiger partial charge in [0.15, 0.2) is 18.7 Å². The van der Waals surface area contributed by atoms with Crippen molar-refractivity contribution in [1.82, 2.24) is 0 Å². The number of rotatable bonds is 8. The van der Waals surface area contributed by atoms with Gasteiger partial charge in [0.2, 0.25) is 0 Å². The summed E-state index contributed by atoms with van der Waals surface area (Å²) >= 11 is 0. The van der Waals surface area contributed by atoms with Crippen LogP contribution < -0.4 is 0 Å². The molecule has 0 unspecified atom stereocenters. The number of carboxylic acid groups (broad SMARTS) is 2. The normalized spacial score (nSPS) is 53.8. The molecule has 16 heteroatoms. The molecule has 7 aliphatic rings. The first-order valence-corrected chi connectivity index (χ1v) is 20.9. The van der Waals surface area contributed by atoms with E-state index in [0.29, 0.717) is 57.8 Å². The molecule has 0 aromatic heterocycles. The summed E-state index contributed by atoms with van der Waals surface area (Å²) in [5.41, 5.74) is -2.70. The molecular weight excluding hydrogens is 760 g/mol. The SMILES string of the molecule is CC1(C)CC[C@]2(C(=O)O)[C@H](O)C[C@]3(C)C(=CC[C@@H]4[C@@]5(C)CC[C@H](O[C@@H]6O[C@H](C(=O)O)[C@@H](O)[C@H](O)[C@H]6O[C@@H]6O[C@H](CO)[C@H](O)[C@H](O)[C@H]6O)[C@@](C)(C=O)[C@@H]5CC[C@]43C)[C@H]2C1. The Balaban J connectivity index is 1.19. The molecule has 0 aromatic carbocycles. The average molecular weight is 825 g/mol. The van der Waals surface area contributed by atoms with Gasteiger partial charge in [0, 0.05) is 0 Å². The van der Waals surface area contributed by atoms with Gasteiger partial charge in [0.1, 0.15) is 54.4 Å². The highest BCUT2D eigenvalue weighted by atomic mass is 16.8. The maximum Gasteiger partial charge on any atom is 0.335 e. The Morgan fingerprint density at radius 2 is 1.48 bits per heavy atom. The van der Waals surface area contributed by atoms with Crippen LogP contribution in [0.3, 0.4) is 0 Å². The third-order valence-electron chi connectivity index (χ3n) is 17.2. The minimum atomic E-state index is -2.03. The van der Waals surface area contributed by atoms with E-state index >= 15 is 0 Å². The Kier molecular flexibility index (Phi) is 11.2. The van der Waals surface area contributed by atoms with Gasteiger partial charge in [-0.1, -0.05) is 53.2 Å². The maximum absolute atomic E-state index is 13.5. The Morgan fingerprint density at radius 3 is 2.10 bits per heavy atom. The Morgan fingerprint density at radius 1 is 0.793 bits per heavy atom. The standard InChI is InChI=1S/C42H64O16/c1-37(2)13-14-42(36(53)54)20(15-37)19-7-8-23-38(3)11-10-25(39(4,18-44)22(38)9-12-40(23,5)41(19,6)16-24(42)45)56-35-32(29(49)28(48)31(57-35)33(51)52)58-34-30(50)27(47)26(46)21(17-43)55-34/h7,18,20-32,34-35,43,45-50H,8-17H2,1-6H3,(H,51,52)(H,53,54)/t20-,21-,22-,23-,24-,25+,26+,27+,28+,29+,30-,31+,32-,34+,35-,38+,39+,40-,41-,42-/m1/s1. The van der Waals surface area contributed by atoms with Crippen LogP contribution in [0.15, 0.2) is 11.6 Å². The zero-order valence-corrected chi connectivity index (χ0v) is 34.3. The Bertz CT molecular complexity index is 1650. The predicted molar refractivity (Wildman–Crippen MR) is 200 cm³/mol. The molecule has 58 heavy (non-hydrogen) atoms. The zero-order chi connectivity index (χ0) is 42.7. The molecule has 9 N–H and O–H groups in total. The predicted octanol–water partition coefficient (Wildman–Crippen LogP) is 1.12. The van der Waals surface area contributed by atoms with Crippen LogP contribution in [-0.4, -0.2) is 144 Å². The number of hydrogen-bond donors (Lipinski definition) is 9. The summed E-state index contributed by atoms with van der Waals surface area (Å²) in [5, 5.41) is 95.7. The lowest BCUT2D eigenvalue weighted by Gasteiger charge is -2.71. The quantitative estimate of drug-likeness (QED) is 0.0943. The van der Waals surface area contributed by atoms with Crippen LogP contribution in [0.25, 0.3) is 0 Å². The van der Waals surface area contributed by atoms with Crippen LogP contribution in [0.1, 0.15) is 99.3 Å². The van der Waals surface area contributed by atoms with E-state index in [4.69, 9.17) is 18.9 Å². The number of aliphatic hydroxyl groups is 7. The molecule has 328 valence electrons. The molecule has 6 fully saturated rings. The monoisotopic (exact) mass is 824 g/mol. The van der Waals surface area contributed by atoms with Crippen LogP contribution in [0, 0.1) is 50.2 Å². The molecule has 0 bridgehead atoms. The molecular formula is C42H64O16. The van der Waals surface area contributed by atoms with E-state index in [1.54, 1.807) is 6.92 Å². The van der Waals surface area contributed by atoms with Gasteiger partial charge in [-0.05, 0) is 97.2 Å². The van der Waals surface area contributed by atoms with Gasteiger partial charge in [0.05, 0.1) is 24.2 Å². The number of aliphatic hydroxyl groups excluding tert-OH is 7. The molecule has 0 aromatic rings. The van der Waals surface area contributed by atoms with Crippen LogP contribution >= 0.6 is 0 Å². The lowest BCUT2D eigenvalue weighted by Crippen LogP contribution is -2.68. The average Bonchev–Trinajstić information content (AvgIpc) is 3.15. The fourth-order valence-corrected chi connectivity index (χ4v) is 13.6. The van der Waals surface area contributed by atoms with Gasteiger partial charge in [-0.15, -0.1) is 0 Å². The van der Waals surface area contributed by atoms with E-state index in [1.165, 1.54) is 0 Å². The van der Waals surface area contributed by atoms with Crippen LogP contribution in [0.4, 0.5) is 0 Å². The first kappa shape index (κ1) is 44.0. The summed E-state index contributed by atoms with van der Waals surface area (Å²) in [5.74, 6) is -3.07. The Labute approximate surface area is 338 Å². The number of aldehydes is 1. The van der Waals surface area contributed by atoms with Crippen molar-refractivity contribution in [2.45, 2.75) is 173 Å². The molecule has 20 atom stereocenters. The number of carbonyl (C=O) groups excluding carboxylic acids is 1. The molecule has 0 amide bonds. The van der Waals surface area contributed by atoms with Crippen molar-refractivity contribution < 1.29 is 79.3 Å². The van der Waals surface area contributed by atoms with Crippen molar-refractivity contribution in [2.24, 2.45) is 50.2 Å².